The fourth-order valence-electron chi connectivity index (χ4n) is 1.54. The van der Waals surface area contributed by atoms with Crippen LogP contribution in [0.1, 0.15) is 26.7 Å². The van der Waals surface area contributed by atoms with Crippen molar-refractivity contribution < 1.29 is 19.5 Å². The molecule has 1 unspecified atom stereocenters. The first-order chi connectivity index (χ1) is 9.46. The monoisotopic (exact) mass is 283 g/mol. The maximum absolute atomic E-state index is 11.7. The maximum Gasteiger partial charge on any atom is 0.327 e. The Labute approximate surface area is 118 Å². The molecule has 0 rings (SSSR count). The van der Waals surface area contributed by atoms with Gasteiger partial charge in [0.1, 0.15) is 6.04 Å². The van der Waals surface area contributed by atoms with Crippen LogP contribution in [0.25, 0.3) is 0 Å². The van der Waals surface area contributed by atoms with Gasteiger partial charge >= 0.3 is 12.0 Å². The second-order valence-electron chi connectivity index (χ2n) is 4.02. The number of rotatable bonds is 8. The summed E-state index contributed by atoms with van der Waals surface area (Å²) in [4.78, 5) is 35.5. The van der Waals surface area contributed by atoms with Crippen LogP contribution in [0.2, 0.25) is 0 Å². The normalized spacial score (nSPS) is 11.1. The summed E-state index contributed by atoms with van der Waals surface area (Å²) in [7, 11) is 0. The first-order valence-corrected chi connectivity index (χ1v) is 6.44. The number of terminal acetylenes is 1. The van der Waals surface area contributed by atoms with Crippen LogP contribution in [-0.2, 0) is 9.59 Å². The molecule has 0 aromatic carbocycles. The molecule has 0 bridgehead atoms. The zero-order valence-electron chi connectivity index (χ0n) is 11.8. The van der Waals surface area contributed by atoms with Gasteiger partial charge in [-0.2, -0.15) is 0 Å². The van der Waals surface area contributed by atoms with Gasteiger partial charge in [0.25, 0.3) is 0 Å². The molecule has 0 spiro atoms. The summed E-state index contributed by atoms with van der Waals surface area (Å²) >= 11 is 0. The summed E-state index contributed by atoms with van der Waals surface area (Å²) in [5.74, 6) is 0.917. The lowest BCUT2D eigenvalue weighted by molar-refractivity contribution is -0.139. The van der Waals surface area contributed by atoms with Gasteiger partial charge in [-0.25, -0.2) is 9.59 Å². The summed E-state index contributed by atoms with van der Waals surface area (Å²) in [6, 6.07) is -1.78. The summed E-state index contributed by atoms with van der Waals surface area (Å²) in [5, 5.41) is 13.5. The predicted molar refractivity (Wildman–Crippen MR) is 74.0 cm³/mol. The number of carbonyl (C=O) groups excluding carboxylic acids is 2. The summed E-state index contributed by atoms with van der Waals surface area (Å²) in [6.07, 6.45) is 5.08. The number of nitrogens with zero attached hydrogens (tertiary/aromatic N) is 1. The molecule has 3 amide bonds. The Morgan fingerprint density at radius 1 is 1.30 bits per heavy atom. The first-order valence-electron chi connectivity index (χ1n) is 6.44. The van der Waals surface area contributed by atoms with Crippen LogP contribution >= 0.6 is 0 Å². The van der Waals surface area contributed by atoms with Gasteiger partial charge in [-0.3, -0.25) is 4.79 Å². The molecule has 3 N–H and O–H groups in total. The van der Waals surface area contributed by atoms with E-state index in [1.807, 2.05) is 13.8 Å². The molecule has 0 aliphatic heterocycles. The van der Waals surface area contributed by atoms with Gasteiger partial charge in [-0.1, -0.05) is 0 Å². The molecule has 20 heavy (non-hydrogen) atoms. The van der Waals surface area contributed by atoms with Crippen molar-refractivity contribution >= 4 is 17.9 Å². The number of carboxylic acids is 1. The molecular formula is C13H21N3O4. The van der Waals surface area contributed by atoms with Gasteiger partial charge in [0, 0.05) is 32.5 Å². The van der Waals surface area contributed by atoms with Crippen LogP contribution in [0.3, 0.4) is 0 Å². The van der Waals surface area contributed by atoms with E-state index in [2.05, 4.69) is 16.6 Å². The van der Waals surface area contributed by atoms with Crippen LogP contribution in [0.4, 0.5) is 4.79 Å². The van der Waals surface area contributed by atoms with Crippen molar-refractivity contribution in [2.24, 2.45) is 0 Å². The van der Waals surface area contributed by atoms with Gasteiger partial charge < -0.3 is 20.6 Å². The Balaban J connectivity index is 4.08. The lowest BCUT2D eigenvalue weighted by Gasteiger charge is -2.18. The number of urea groups is 1. The molecule has 0 aliphatic carbocycles. The van der Waals surface area contributed by atoms with E-state index in [0.29, 0.717) is 13.1 Å². The Kier molecular flexibility index (Phi) is 8.59. The molecule has 112 valence electrons. The predicted octanol–water partition coefficient (Wildman–Crippen LogP) is 0.0206. The number of carboxylic acid groups (broad SMARTS) is 1. The SMILES string of the molecule is C#CCC(NC(=O)NCCC(=O)N(CC)CC)C(=O)O. The van der Waals surface area contributed by atoms with Gasteiger partial charge in [0.05, 0.1) is 0 Å². The smallest absolute Gasteiger partial charge is 0.327 e. The third-order valence-corrected chi connectivity index (χ3v) is 2.67. The van der Waals surface area contributed by atoms with E-state index in [4.69, 9.17) is 11.5 Å². The quantitative estimate of drug-likeness (QED) is 0.547. The highest BCUT2D eigenvalue weighted by atomic mass is 16.4. The number of hydrogen-bond acceptors (Lipinski definition) is 3. The molecule has 7 heteroatoms. The second-order valence-corrected chi connectivity index (χ2v) is 4.02. The molecular weight excluding hydrogens is 262 g/mol. The largest absolute Gasteiger partial charge is 0.480 e. The van der Waals surface area contributed by atoms with Crippen molar-refractivity contribution in [2.45, 2.75) is 32.7 Å². The number of hydrogen-bond donors (Lipinski definition) is 3. The van der Waals surface area contributed by atoms with Gasteiger partial charge in [-0.15, -0.1) is 12.3 Å². The average molecular weight is 283 g/mol. The van der Waals surface area contributed by atoms with E-state index in [1.165, 1.54) is 0 Å². The molecule has 0 aromatic rings. The van der Waals surface area contributed by atoms with Crippen molar-refractivity contribution in [1.29, 1.82) is 0 Å². The van der Waals surface area contributed by atoms with E-state index in [-0.39, 0.29) is 25.3 Å². The molecule has 0 fully saturated rings. The number of amides is 3. The van der Waals surface area contributed by atoms with Crippen molar-refractivity contribution in [3.63, 3.8) is 0 Å². The zero-order valence-corrected chi connectivity index (χ0v) is 11.8. The Bertz CT molecular complexity index is 386. The minimum Gasteiger partial charge on any atom is -0.480 e. The third-order valence-electron chi connectivity index (χ3n) is 2.67. The van der Waals surface area contributed by atoms with E-state index in [0.717, 1.165) is 0 Å². The molecule has 7 nitrogen and oxygen atoms in total. The van der Waals surface area contributed by atoms with Crippen LogP contribution in [0.5, 0.6) is 0 Å². The molecule has 0 radical (unpaired) electrons. The first kappa shape index (κ1) is 17.8. The standard InChI is InChI=1S/C13H21N3O4/c1-4-7-10(12(18)19)15-13(20)14-9-8-11(17)16(5-2)6-3/h1,10H,5-9H2,2-3H3,(H,18,19)(H2,14,15,20). The Morgan fingerprint density at radius 3 is 2.35 bits per heavy atom. The van der Waals surface area contributed by atoms with Gasteiger partial charge in [-0.05, 0) is 13.8 Å². The maximum atomic E-state index is 11.7. The third kappa shape index (κ3) is 6.64. The molecule has 0 aliphatic rings. The molecule has 0 saturated heterocycles. The fourth-order valence-corrected chi connectivity index (χ4v) is 1.54. The lowest BCUT2D eigenvalue weighted by Crippen LogP contribution is -2.46. The van der Waals surface area contributed by atoms with Crippen LogP contribution in [0.15, 0.2) is 0 Å². The number of nitrogens with one attached hydrogen (secondary N) is 2. The molecule has 1 atom stereocenters. The topological polar surface area (TPSA) is 98.7 Å². The van der Waals surface area contributed by atoms with Crippen LogP contribution < -0.4 is 10.6 Å². The Hall–Kier alpha value is -2.23. The van der Waals surface area contributed by atoms with Crippen molar-refractivity contribution in [3.8, 4) is 12.3 Å². The lowest BCUT2D eigenvalue weighted by atomic mass is 10.2. The van der Waals surface area contributed by atoms with Crippen LogP contribution in [-0.4, -0.2) is 53.6 Å². The average Bonchev–Trinajstić information content (AvgIpc) is 2.39. The molecule has 0 heterocycles. The van der Waals surface area contributed by atoms with E-state index >= 15 is 0 Å². The zero-order chi connectivity index (χ0) is 15.5. The minimum atomic E-state index is -1.20. The van der Waals surface area contributed by atoms with Gasteiger partial charge in [0.2, 0.25) is 5.91 Å². The highest BCUT2D eigenvalue weighted by Gasteiger charge is 2.18. The van der Waals surface area contributed by atoms with E-state index in [9.17, 15) is 14.4 Å². The minimum absolute atomic E-state index is 0.0614. The van der Waals surface area contributed by atoms with E-state index in [1.54, 1.807) is 4.90 Å². The number of carbonyl (C=O) groups is 3. The van der Waals surface area contributed by atoms with Crippen molar-refractivity contribution in [1.82, 2.24) is 15.5 Å². The summed E-state index contributed by atoms with van der Waals surface area (Å²) in [6.45, 7) is 5.12. The summed E-state index contributed by atoms with van der Waals surface area (Å²) < 4.78 is 0. The number of aliphatic carboxylic acids is 1. The summed E-state index contributed by atoms with van der Waals surface area (Å²) in [5.41, 5.74) is 0. The molecule has 0 saturated carbocycles. The highest BCUT2D eigenvalue weighted by Crippen LogP contribution is 1.93. The second kappa shape index (κ2) is 9.67. The van der Waals surface area contributed by atoms with Crippen molar-refractivity contribution in [3.05, 3.63) is 0 Å². The fraction of sp³-hybridized carbons (Fsp3) is 0.615. The van der Waals surface area contributed by atoms with Crippen LogP contribution in [0, 0.1) is 12.3 Å². The Morgan fingerprint density at radius 2 is 1.90 bits per heavy atom. The van der Waals surface area contributed by atoms with Gasteiger partial charge in [0.15, 0.2) is 0 Å². The molecule has 0 aromatic heterocycles. The highest BCUT2D eigenvalue weighted by molar-refractivity contribution is 5.83. The van der Waals surface area contributed by atoms with E-state index < -0.39 is 18.0 Å². The van der Waals surface area contributed by atoms with Crippen molar-refractivity contribution in [2.75, 3.05) is 19.6 Å².